The molecule has 0 bridgehead atoms. The van der Waals surface area contributed by atoms with Gasteiger partial charge in [-0.1, -0.05) is 6.07 Å². The van der Waals surface area contributed by atoms with E-state index in [1.54, 1.807) is 0 Å². The van der Waals surface area contributed by atoms with Gasteiger partial charge in [-0.05, 0) is 11.6 Å². The zero-order valence-electron chi connectivity index (χ0n) is 9.95. The van der Waals surface area contributed by atoms with E-state index < -0.39 is 41.0 Å². The Morgan fingerprint density at radius 2 is 2.16 bits per heavy atom. The third-order valence-corrected chi connectivity index (χ3v) is 2.48. The van der Waals surface area contributed by atoms with Crippen LogP contribution in [0.5, 0.6) is 0 Å². The Bertz CT molecular complexity index is 492. The Hall–Kier alpha value is -2.06. The van der Waals surface area contributed by atoms with Gasteiger partial charge in [0.05, 0.1) is 24.6 Å². The van der Waals surface area contributed by atoms with Crippen molar-refractivity contribution in [2.24, 2.45) is 0 Å². The van der Waals surface area contributed by atoms with Crippen LogP contribution in [0.25, 0.3) is 0 Å². The molecular formula is C11H12FNO6. The molecule has 0 aromatic heterocycles. The van der Waals surface area contributed by atoms with Crippen molar-refractivity contribution in [1.82, 2.24) is 0 Å². The van der Waals surface area contributed by atoms with Crippen molar-refractivity contribution in [2.45, 2.75) is 18.6 Å². The van der Waals surface area contributed by atoms with Crippen LogP contribution in [-0.2, 0) is 9.53 Å². The lowest BCUT2D eigenvalue weighted by atomic mass is 10.0. The molecule has 0 fully saturated rings. The first-order valence-corrected chi connectivity index (χ1v) is 5.23. The summed E-state index contributed by atoms with van der Waals surface area (Å²) in [6.45, 7) is 0. The van der Waals surface area contributed by atoms with Crippen LogP contribution in [-0.4, -0.2) is 34.3 Å². The van der Waals surface area contributed by atoms with E-state index in [2.05, 4.69) is 4.74 Å². The van der Waals surface area contributed by atoms with E-state index in [0.29, 0.717) is 0 Å². The lowest BCUT2D eigenvalue weighted by molar-refractivity contribution is -0.387. The monoisotopic (exact) mass is 273 g/mol. The van der Waals surface area contributed by atoms with E-state index in [-0.39, 0.29) is 5.56 Å². The van der Waals surface area contributed by atoms with Crippen LogP contribution in [0.4, 0.5) is 10.1 Å². The number of carbonyl (C=O) groups excluding carboxylic acids is 1. The Kier molecular flexibility index (Phi) is 4.90. The number of halogens is 1. The van der Waals surface area contributed by atoms with Crippen LogP contribution in [0.2, 0.25) is 0 Å². The Morgan fingerprint density at radius 1 is 1.53 bits per heavy atom. The molecule has 2 unspecified atom stereocenters. The second-order valence-electron chi connectivity index (χ2n) is 3.76. The van der Waals surface area contributed by atoms with Crippen LogP contribution in [0.3, 0.4) is 0 Å². The number of nitrogens with zero attached hydrogens (tertiary/aromatic N) is 1. The fourth-order valence-electron chi connectivity index (χ4n) is 1.44. The topological polar surface area (TPSA) is 110 Å². The van der Waals surface area contributed by atoms with E-state index in [4.69, 9.17) is 0 Å². The van der Waals surface area contributed by atoms with Crippen molar-refractivity contribution >= 4 is 11.7 Å². The van der Waals surface area contributed by atoms with Gasteiger partial charge in [0.25, 0.3) is 0 Å². The van der Waals surface area contributed by atoms with Gasteiger partial charge in [0.15, 0.2) is 0 Å². The maximum absolute atomic E-state index is 13.1. The SMILES string of the molecule is COC(=O)CC(O)C(O)c1ccc(F)c([N+](=O)[O-])c1. The summed E-state index contributed by atoms with van der Waals surface area (Å²) in [6, 6.07) is 2.70. The van der Waals surface area contributed by atoms with E-state index in [9.17, 15) is 29.5 Å². The fraction of sp³-hybridized carbons (Fsp3) is 0.364. The van der Waals surface area contributed by atoms with Crippen molar-refractivity contribution in [1.29, 1.82) is 0 Å². The molecule has 0 radical (unpaired) electrons. The minimum Gasteiger partial charge on any atom is -0.469 e. The van der Waals surface area contributed by atoms with Crippen LogP contribution < -0.4 is 0 Å². The predicted octanol–water partition coefficient (Wildman–Crippen LogP) is 0.691. The summed E-state index contributed by atoms with van der Waals surface area (Å²) in [6.07, 6.45) is -3.54. The molecule has 0 aliphatic rings. The standard InChI is InChI=1S/C11H12FNO6/c1-19-10(15)5-9(14)11(16)6-2-3-7(12)8(4-6)13(17)18/h2-4,9,11,14,16H,5H2,1H3. The molecule has 0 saturated carbocycles. The number of carbonyl (C=O) groups is 1. The number of aliphatic hydroxyl groups excluding tert-OH is 2. The summed E-state index contributed by atoms with van der Waals surface area (Å²) >= 11 is 0. The minimum atomic E-state index is -1.56. The summed E-state index contributed by atoms with van der Waals surface area (Å²) < 4.78 is 17.4. The van der Waals surface area contributed by atoms with Gasteiger partial charge in [-0.15, -0.1) is 0 Å². The predicted molar refractivity (Wildman–Crippen MR) is 60.7 cm³/mol. The summed E-state index contributed by atoms with van der Waals surface area (Å²) in [7, 11) is 1.12. The number of rotatable bonds is 5. The number of nitro benzene ring substituents is 1. The third-order valence-electron chi connectivity index (χ3n) is 2.48. The molecule has 0 heterocycles. The third kappa shape index (κ3) is 3.70. The lowest BCUT2D eigenvalue weighted by Crippen LogP contribution is -2.22. The maximum atomic E-state index is 13.1. The molecule has 104 valence electrons. The molecule has 0 spiro atoms. The normalized spacial score (nSPS) is 13.7. The molecule has 2 atom stereocenters. The Morgan fingerprint density at radius 3 is 2.68 bits per heavy atom. The van der Waals surface area contributed by atoms with Gasteiger partial charge >= 0.3 is 11.7 Å². The molecule has 7 nitrogen and oxygen atoms in total. The molecule has 2 N–H and O–H groups in total. The van der Waals surface area contributed by atoms with Gasteiger partial charge in [0.2, 0.25) is 5.82 Å². The van der Waals surface area contributed by atoms with Gasteiger partial charge in [-0.2, -0.15) is 4.39 Å². The number of hydrogen-bond donors (Lipinski definition) is 2. The van der Waals surface area contributed by atoms with Gasteiger partial charge in [-0.3, -0.25) is 14.9 Å². The Balaban J connectivity index is 2.93. The second kappa shape index (κ2) is 6.21. The maximum Gasteiger partial charge on any atom is 0.308 e. The number of hydrogen-bond acceptors (Lipinski definition) is 6. The van der Waals surface area contributed by atoms with Crippen molar-refractivity contribution < 1.29 is 29.1 Å². The van der Waals surface area contributed by atoms with Gasteiger partial charge in [0.1, 0.15) is 6.10 Å². The zero-order valence-corrected chi connectivity index (χ0v) is 9.95. The quantitative estimate of drug-likeness (QED) is 0.464. The van der Waals surface area contributed by atoms with Crippen molar-refractivity contribution in [2.75, 3.05) is 7.11 Å². The number of methoxy groups -OCH3 is 1. The van der Waals surface area contributed by atoms with E-state index in [0.717, 1.165) is 25.3 Å². The van der Waals surface area contributed by atoms with Crippen LogP contribution in [0.15, 0.2) is 18.2 Å². The number of esters is 1. The van der Waals surface area contributed by atoms with Crippen molar-refractivity contribution in [3.63, 3.8) is 0 Å². The van der Waals surface area contributed by atoms with E-state index in [1.165, 1.54) is 0 Å². The highest BCUT2D eigenvalue weighted by Gasteiger charge is 2.24. The Labute approximate surface area is 107 Å². The first-order chi connectivity index (χ1) is 8.86. The summed E-state index contributed by atoms with van der Waals surface area (Å²) in [5.74, 6) is -1.80. The minimum absolute atomic E-state index is 0.0653. The summed E-state index contributed by atoms with van der Waals surface area (Å²) in [5, 5.41) is 29.8. The lowest BCUT2D eigenvalue weighted by Gasteiger charge is -2.16. The molecule has 0 aliphatic carbocycles. The molecule has 1 aromatic rings. The summed E-state index contributed by atoms with van der Waals surface area (Å²) in [4.78, 5) is 20.5. The molecule has 1 rings (SSSR count). The highest BCUT2D eigenvalue weighted by molar-refractivity contribution is 5.69. The van der Waals surface area contributed by atoms with E-state index >= 15 is 0 Å². The first-order valence-electron chi connectivity index (χ1n) is 5.23. The number of benzene rings is 1. The van der Waals surface area contributed by atoms with Crippen LogP contribution in [0, 0.1) is 15.9 Å². The average molecular weight is 273 g/mol. The van der Waals surface area contributed by atoms with Gasteiger partial charge in [-0.25, -0.2) is 0 Å². The fourth-order valence-corrected chi connectivity index (χ4v) is 1.44. The van der Waals surface area contributed by atoms with Gasteiger partial charge < -0.3 is 14.9 Å². The molecule has 0 amide bonds. The molecular weight excluding hydrogens is 261 g/mol. The number of ether oxygens (including phenoxy) is 1. The van der Waals surface area contributed by atoms with Gasteiger partial charge in [0, 0.05) is 6.07 Å². The van der Waals surface area contributed by atoms with Crippen molar-refractivity contribution in [3.05, 3.63) is 39.7 Å². The van der Waals surface area contributed by atoms with E-state index in [1.807, 2.05) is 0 Å². The molecule has 1 aromatic carbocycles. The highest BCUT2D eigenvalue weighted by Crippen LogP contribution is 2.25. The number of nitro groups is 1. The molecule has 0 aliphatic heterocycles. The number of aliphatic hydroxyl groups is 2. The smallest absolute Gasteiger partial charge is 0.308 e. The largest absolute Gasteiger partial charge is 0.469 e. The van der Waals surface area contributed by atoms with Crippen molar-refractivity contribution in [3.8, 4) is 0 Å². The molecule has 0 saturated heterocycles. The average Bonchev–Trinajstić information content (AvgIpc) is 2.37. The molecule has 19 heavy (non-hydrogen) atoms. The summed E-state index contributed by atoms with van der Waals surface area (Å²) in [5.41, 5.74) is -0.883. The second-order valence-corrected chi connectivity index (χ2v) is 3.76. The zero-order chi connectivity index (χ0) is 14.6. The highest BCUT2D eigenvalue weighted by atomic mass is 19.1. The first kappa shape index (κ1) is 15.0. The van der Waals surface area contributed by atoms with Crippen LogP contribution >= 0.6 is 0 Å². The van der Waals surface area contributed by atoms with Crippen LogP contribution in [0.1, 0.15) is 18.1 Å². The molecule has 8 heteroatoms.